The van der Waals surface area contributed by atoms with Gasteiger partial charge in [-0.25, -0.2) is 9.59 Å². The van der Waals surface area contributed by atoms with Gasteiger partial charge in [-0.1, -0.05) is 113 Å². The second-order valence-corrected chi connectivity index (χ2v) is 38.8. The molecule has 19 nitrogen and oxygen atoms in total. The predicted molar refractivity (Wildman–Crippen MR) is 347 cm³/mol. The van der Waals surface area contributed by atoms with Gasteiger partial charge in [-0.3, -0.25) is 19.2 Å². The number of piperidine rings is 1. The number of carbonyl (C=O) groups is 5. The van der Waals surface area contributed by atoms with E-state index in [1.54, 1.807) is 21.1 Å². The summed E-state index contributed by atoms with van der Waals surface area (Å²) in [5.41, 5.74) is 1.49. The number of hydrogen-bond donors (Lipinski definition) is 3. The van der Waals surface area contributed by atoms with Crippen molar-refractivity contribution in [2.45, 2.75) is 264 Å². The number of amides is 1. The predicted octanol–water partition coefficient (Wildman–Crippen LogP) is 12.5. The standard InChI is InChI=1S/C68H112N2O17Si2/c1-42-26-22-21-23-27-43(2)53(79-14)40-50-31-29-48(7)68(78,84-50)62(74)63(75)69-35-25-24-28-51(69)64(76)82-54(45(4)38-49-30-32-52(56(39-49)80-15)86-88(17,18)66(8,9)10)41-55(83-65(77)85-70-57(71)33-34-58(70)72)44(3)37-47(6)60(87-89(19,20)67(11,12)13)61(81-16)59(73)46(5)36-42/h21-23,26-27,33-34,37,42,44-46,48-56,60-61,71-72,78H,24-25,28-32,35-36,38-41H2,1-20H3/t42?,44-,45-,46?,48-,49?,50+,51?,52-,53+,54?,55-,56-,60-,61+,68-/m1/s1. The molecule has 3 fully saturated rings. The van der Waals surface area contributed by atoms with Crippen molar-refractivity contribution < 1.29 is 81.4 Å². The van der Waals surface area contributed by atoms with Gasteiger partial charge in [0.2, 0.25) is 17.5 Å². The molecule has 3 aliphatic heterocycles. The van der Waals surface area contributed by atoms with Crippen molar-refractivity contribution in [1.82, 2.24) is 9.63 Å². The van der Waals surface area contributed by atoms with E-state index in [2.05, 4.69) is 67.7 Å². The van der Waals surface area contributed by atoms with E-state index in [1.165, 1.54) is 12.0 Å². The van der Waals surface area contributed by atoms with Crippen molar-refractivity contribution in [3.05, 3.63) is 59.7 Å². The van der Waals surface area contributed by atoms with Gasteiger partial charge >= 0.3 is 12.1 Å². The zero-order valence-corrected chi connectivity index (χ0v) is 59.4. The largest absolute Gasteiger partial charge is 0.534 e. The molecule has 16 atom stereocenters. The number of aromatic nitrogens is 1. The Hall–Kier alpha value is -4.46. The Bertz CT molecular complexity index is 2650. The van der Waals surface area contributed by atoms with Crippen LogP contribution in [0.2, 0.25) is 36.3 Å². The van der Waals surface area contributed by atoms with Gasteiger partial charge in [0.1, 0.15) is 24.4 Å². The van der Waals surface area contributed by atoms with Crippen molar-refractivity contribution >= 4 is 46.2 Å². The lowest BCUT2D eigenvalue weighted by molar-refractivity contribution is -0.265. The summed E-state index contributed by atoms with van der Waals surface area (Å²) in [5, 5.41) is 33.1. The fourth-order valence-corrected chi connectivity index (χ4v) is 15.1. The third-order valence-electron chi connectivity index (χ3n) is 20.3. The minimum atomic E-state index is -2.69. The van der Waals surface area contributed by atoms with Gasteiger partial charge in [0, 0.05) is 70.6 Å². The first-order chi connectivity index (χ1) is 41.4. The van der Waals surface area contributed by atoms with Gasteiger partial charge in [0.15, 0.2) is 22.4 Å². The maximum Gasteiger partial charge on any atom is 0.534 e. The minimum absolute atomic E-state index is 0.0180. The van der Waals surface area contributed by atoms with E-state index in [4.69, 9.17) is 42.1 Å². The van der Waals surface area contributed by atoms with Gasteiger partial charge in [-0.2, -0.15) is 0 Å². The average Bonchev–Trinajstić information content (AvgIpc) is 1.86. The molecule has 0 radical (unpaired) electrons. The molecule has 21 heteroatoms. The maximum atomic E-state index is 15.3. The number of Topliss-reactive ketones (excluding diaryl/α,β-unsaturated/α-hetero) is 2. The van der Waals surface area contributed by atoms with E-state index >= 15 is 4.79 Å². The van der Waals surface area contributed by atoms with Crippen LogP contribution in [0.1, 0.15) is 167 Å². The summed E-state index contributed by atoms with van der Waals surface area (Å²) in [4.78, 5) is 80.4. The van der Waals surface area contributed by atoms with Crippen molar-refractivity contribution in [3.63, 3.8) is 0 Å². The zero-order valence-electron chi connectivity index (χ0n) is 57.4. The monoisotopic (exact) mass is 1280 g/mol. The molecule has 1 amide bonds. The molecule has 504 valence electrons. The SMILES string of the molecule is CO[C@H]1C[C@@H]2CC[C@@H](C)[C@@](O)(O2)C(=O)C(=O)N2CCCCC2C(=O)OC([C@H](C)CC2CC[C@@H](O[Si](C)(C)C(C)(C)C)[C@H](OC)C2)C[C@@H](OC(=O)On2c(O)ccc2O)[C@H](C)C=C(C)[C@@H](O[Si](C)(C)C(C)(C)C)[C@@H](OC)C(=O)C(C)CC(C)C=CC=CC=C1C. The summed E-state index contributed by atoms with van der Waals surface area (Å²) in [6.45, 7) is 34.9. The normalized spacial score (nSPS) is 32.3. The second kappa shape index (κ2) is 31.9. The summed E-state index contributed by atoms with van der Waals surface area (Å²) in [7, 11) is -0.0751. The lowest BCUT2D eigenvalue weighted by atomic mass is 9.78. The molecule has 0 aromatic carbocycles. The van der Waals surface area contributed by atoms with Crippen LogP contribution in [-0.2, 0) is 56.5 Å². The molecule has 2 bridgehead atoms. The molecular formula is C68H112N2O17Si2. The quantitative estimate of drug-likeness (QED) is 0.0763. The molecule has 2 saturated heterocycles. The van der Waals surface area contributed by atoms with Crippen LogP contribution in [0.3, 0.4) is 0 Å². The number of methoxy groups -OCH3 is 3. The molecule has 4 aliphatic rings. The molecular weight excluding hydrogens is 1170 g/mol. The molecule has 89 heavy (non-hydrogen) atoms. The Morgan fingerprint density at radius 2 is 1.38 bits per heavy atom. The third-order valence-corrected chi connectivity index (χ3v) is 29.2. The molecule has 1 aromatic heterocycles. The molecule has 1 aromatic rings. The van der Waals surface area contributed by atoms with Crippen molar-refractivity contribution in [3.8, 4) is 11.8 Å². The smallest absolute Gasteiger partial charge is 0.492 e. The first-order valence-corrected chi connectivity index (χ1v) is 38.3. The lowest BCUT2D eigenvalue weighted by Crippen LogP contribution is -2.61. The Morgan fingerprint density at radius 3 is 1.99 bits per heavy atom. The Balaban J connectivity index is 1.67. The van der Waals surface area contributed by atoms with Crippen LogP contribution in [-0.4, -0.2) is 160 Å². The van der Waals surface area contributed by atoms with Crippen LogP contribution in [0.5, 0.6) is 11.8 Å². The summed E-state index contributed by atoms with van der Waals surface area (Å²) in [6.07, 6.45) is 10.2. The van der Waals surface area contributed by atoms with Crippen molar-refractivity contribution in [2.24, 2.45) is 35.5 Å². The summed E-state index contributed by atoms with van der Waals surface area (Å²) >= 11 is 0. The van der Waals surface area contributed by atoms with Gasteiger partial charge in [-0.15, -0.1) is 4.73 Å². The highest BCUT2D eigenvalue weighted by Crippen LogP contribution is 2.44. The number of allylic oxidation sites excluding steroid dienone is 5. The average molecular weight is 1290 g/mol. The number of hydrogen-bond acceptors (Lipinski definition) is 17. The van der Waals surface area contributed by atoms with Crippen LogP contribution < -0.4 is 4.84 Å². The van der Waals surface area contributed by atoms with E-state index in [1.807, 2.05) is 78.0 Å². The van der Waals surface area contributed by atoms with Crippen LogP contribution >= 0.6 is 0 Å². The Kier molecular flexibility index (Phi) is 27.0. The van der Waals surface area contributed by atoms with Crippen LogP contribution in [0, 0.1) is 35.5 Å². The van der Waals surface area contributed by atoms with E-state index < -0.39 is 124 Å². The van der Waals surface area contributed by atoms with Gasteiger partial charge in [0.05, 0.1) is 30.5 Å². The summed E-state index contributed by atoms with van der Waals surface area (Å²) < 4.78 is 52.2. The fourth-order valence-electron chi connectivity index (χ4n) is 12.4. The third kappa shape index (κ3) is 19.6. The number of cyclic esters (lactones) is 1. The maximum absolute atomic E-state index is 15.3. The number of ether oxygens (including phenoxy) is 6. The fraction of sp³-hybridized carbons (Fsp3) is 0.750. The molecule has 5 rings (SSSR count). The number of fused-ring (bicyclic) bond motifs is 3. The number of nitrogens with zero attached hydrogens (tertiary/aromatic N) is 2. The van der Waals surface area contributed by atoms with Gasteiger partial charge in [0.25, 0.3) is 11.7 Å². The van der Waals surface area contributed by atoms with Crippen molar-refractivity contribution in [2.75, 3.05) is 27.9 Å². The molecule has 4 heterocycles. The Labute approximate surface area is 533 Å². The highest BCUT2D eigenvalue weighted by atomic mass is 28.4. The highest BCUT2D eigenvalue weighted by molar-refractivity contribution is 6.74. The number of carbonyl (C=O) groups excluding carboxylic acids is 5. The summed E-state index contributed by atoms with van der Waals surface area (Å²) in [6, 6.07) is 1.05. The van der Waals surface area contributed by atoms with Gasteiger partial charge in [-0.05, 0) is 143 Å². The molecule has 0 spiro atoms. The topological polar surface area (TPSA) is 237 Å². The van der Waals surface area contributed by atoms with E-state index in [0.717, 1.165) is 30.5 Å². The van der Waals surface area contributed by atoms with E-state index in [0.29, 0.717) is 55.2 Å². The van der Waals surface area contributed by atoms with Crippen LogP contribution in [0.25, 0.3) is 0 Å². The zero-order chi connectivity index (χ0) is 66.7. The second-order valence-electron chi connectivity index (χ2n) is 29.3. The number of esters is 1. The highest BCUT2D eigenvalue weighted by Gasteiger charge is 2.54. The van der Waals surface area contributed by atoms with Crippen LogP contribution in [0.4, 0.5) is 4.79 Å². The number of rotatable bonds is 12. The first-order valence-electron chi connectivity index (χ1n) is 32.5. The number of ketones is 2. The van der Waals surface area contributed by atoms with Gasteiger partial charge < -0.3 is 57.5 Å². The lowest BCUT2D eigenvalue weighted by Gasteiger charge is -2.44. The van der Waals surface area contributed by atoms with E-state index in [9.17, 15) is 34.5 Å². The summed E-state index contributed by atoms with van der Waals surface area (Å²) in [5.74, 6) is -9.12. The number of aromatic hydroxyl groups is 2. The first kappa shape index (κ1) is 75.3. The van der Waals surface area contributed by atoms with Crippen molar-refractivity contribution in [1.29, 1.82) is 0 Å². The molecule has 1 aliphatic carbocycles. The Morgan fingerprint density at radius 1 is 0.742 bits per heavy atom. The van der Waals surface area contributed by atoms with Crippen LogP contribution in [0.15, 0.2) is 59.7 Å². The molecule has 3 N–H and O–H groups in total. The minimum Gasteiger partial charge on any atom is -0.492 e. The molecule has 5 unspecified atom stereocenters. The number of aliphatic hydroxyl groups is 1. The molecule has 1 saturated carbocycles. The van der Waals surface area contributed by atoms with E-state index in [-0.39, 0.29) is 65.7 Å².